The number of halogens is 1. The van der Waals surface area contributed by atoms with Gasteiger partial charge in [0.2, 0.25) is 0 Å². The summed E-state index contributed by atoms with van der Waals surface area (Å²) < 4.78 is 0. The SMILES string of the molecule is Cl.O=C(O)CC(O)(CC(=O)O)C(=O)O.[KH].[NaH]. The molecule has 0 aliphatic carbocycles. The maximum absolute atomic E-state index is 10.3. The molecule has 0 saturated carbocycles. The first-order chi connectivity index (χ1) is 5.78. The van der Waals surface area contributed by atoms with Gasteiger partial charge in [-0.15, -0.1) is 12.4 Å². The van der Waals surface area contributed by atoms with Gasteiger partial charge in [-0.1, -0.05) is 0 Å². The zero-order valence-corrected chi connectivity index (χ0v) is 7.65. The molecule has 86 valence electrons. The second-order valence-corrected chi connectivity index (χ2v) is 2.48. The van der Waals surface area contributed by atoms with Gasteiger partial charge < -0.3 is 20.4 Å². The van der Waals surface area contributed by atoms with Gasteiger partial charge in [-0.3, -0.25) is 9.59 Å². The van der Waals surface area contributed by atoms with Gasteiger partial charge in [0.25, 0.3) is 0 Å². The molecule has 0 rings (SSSR count). The number of carboxylic acids is 3. The van der Waals surface area contributed by atoms with Crippen molar-refractivity contribution >= 4 is 111 Å². The molecule has 0 atom stereocenters. The van der Waals surface area contributed by atoms with Crippen LogP contribution in [0.15, 0.2) is 0 Å². The molecule has 4 N–H and O–H groups in total. The van der Waals surface area contributed by atoms with E-state index in [2.05, 4.69) is 0 Å². The Balaban J connectivity index is -0.000000240. The van der Waals surface area contributed by atoms with Gasteiger partial charge >= 0.3 is 98.8 Å². The van der Waals surface area contributed by atoms with E-state index in [0.29, 0.717) is 0 Å². The quantitative estimate of drug-likeness (QED) is 0.426. The molecule has 16 heavy (non-hydrogen) atoms. The van der Waals surface area contributed by atoms with Gasteiger partial charge in [0.05, 0.1) is 12.8 Å². The van der Waals surface area contributed by atoms with Crippen molar-refractivity contribution in [2.24, 2.45) is 0 Å². The van der Waals surface area contributed by atoms with Gasteiger partial charge in [-0.25, -0.2) is 4.79 Å². The number of hydrogen-bond acceptors (Lipinski definition) is 4. The number of aliphatic hydroxyl groups is 1. The van der Waals surface area contributed by atoms with E-state index < -0.39 is 36.4 Å². The molecule has 0 aromatic rings. The van der Waals surface area contributed by atoms with Crippen LogP contribution in [0.4, 0.5) is 0 Å². The predicted molar refractivity (Wildman–Crippen MR) is 58.6 cm³/mol. The molecule has 0 fully saturated rings. The first-order valence-electron chi connectivity index (χ1n) is 3.17. The van der Waals surface area contributed by atoms with Crippen LogP contribution in [0.2, 0.25) is 0 Å². The summed E-state index contributed by atoms with van der Waals surface area (Å²) >= 11 is 0. The third kappa shape index (κ3) is 10.5. The average molecular weight is 293 g/mol. The Hall–Kier alpha value is 1.30. The van der Waals surface area contributed by atoms with Crippen LogP contribution in [0.1, 0.15) is 12.8 Å². The Morgan fingerprint density at radius 3 is 1.31 bits per heavy atom. The van der Waals surface area contributed by atoms with E-state index >= 15 is 0 Å². The summed E-state index contributed by atoms with van der Waals surface area (Å²) in [5, 5.41) is 33.8. The molecule has 10 heteroatoms. The van der Waals surface area contributed by atoms with Crippen molar-refractivity contribution in [1.82, 2.24) is 0 Å². The fraction of sp³-hybridized carbons (Fsp3) is 0.500. The summed E-state index contributed by atoms with van der Waals surface area (Å²) in [5.74, 6) is -5.02. The third-order valence-corrected chi connectivity index (χ3v) is 1.29. The van der Waals surface area contributed by atoms with E-state index in [1.165, 1.54) is 0 Å². The summed E-state index contributed by atoms with van der Waals surface area (Å²) in [6.45, 7) is 0. The van der Waals surface area contributed by atoms with Crippen LogP contribution >= 0.6 is 12.4 Å². The van der Waals surface area contributed by atoms with Gasteiger partial charge in [-0.05, 0) is 0 Å². The Morgan fingerprint density at radius 2 is 1.19 bits per heavy atom. The van der Waals surface area contributed by atoms with Gasteiger partial charge in [0.1, 0.15) is 0 Å². The molecule has 0 aromatic heterocycles. The molecule has 0 saturated heterocycles. The van der Waals surface area contributed by atoms with E-state index in [1.807, 2.05) is 0 Å². The van der Waals surface area contributed by atoms with E-state index in [1.54, 1.807) is 0 Å². The second-order valence-electron chi connectivity index (χ2n) is 2.48. The Bertz CT molecular complexity index is 243. The second kappa shape index (κ2) is 11.4. The maximum atomic E-state index is 10.3. The zero-order valence-electron chi connectivity index (χ0n) is 6.84. The van der Waals surface area contributed by atoms with E-state index in [-0.39, 0.29) is 93.3 Å². The van der Waals surface area contributed by atoms with E-state index in [9.17, 15) is 14.4 Å². The molecule has 0 unspecified atom stereocenters. The van der Waals surface area contributed by atoms with Crippen molar-refractivity contribution in [3.05, 3.63) is 0 Å². The first-order valence-corrected chi connectivity index (χ1v) is 3.17. The minimum absolute atomic E-state index is 0. The fourth-order valence-corrected chi connectivity index (χ4v) is 0.714. The van der Waals surface area contributed by atoms with Crippen molar-refractivity contribution in [1.29, 1.82) is 0 Å². The molecular weight excluding hydrogens is 282 g/mol. The zero-order chi connectivity index (χ0) is 10.6. The molecular formula is C6H11ClKNaO7. The summed E-state index contributed by atoms with van der Waals surface area (Å²) in [6.07, 6.45) is -2.29. The average Bonchev–Trinajstić information content (AvgIpc) is 1.82. The number of hydrogen-bond donors (Lipinski definition) is 4. The molecule has 0 heterocycles. The van der Waals surface area contributed by atoms with Crippen LogP contribution in [-0.4, -0.2) is 125 Å². The van der Waals surface area contributed by atoms with Gasteiger partial charge in [0.15, 0.2) is 5.60 Å². The summed E-state index contributed by atoms with van der Waals surface area (Å²) in [7, 11) is 0. The van der Waals surface area contributed by atoms with Gasteiger partial charge in [0, 0.05) is 0 Å². The number of rotatable bonds is 5. The van der Waals surface area contributed by atoms with Crippen molar-refractivity contribution in [3.8, 4) is 0 Å². The third-order valence-electron chi connectivity index (χ3n) is 1.29. The van der Waals surface area contributed by atoms with Crippen molar-refractivity contribution in [2.45, 2.75) is 18.4 Å². The Labute approximate surface area is 162 Å². The molecule has 0 aliphatic heterocycles. The van der Waals surface area contributed by atoms with Crippen molar-refractivity contribution < 1.29 is 34.8 Å². The standard InChI is InChI=1S/C6H8O7.ClH.K.Na.2H/c7-3(8)1-6(13,5(11)12)2-4(9)10;;;;;/h13H,1-2H2,(H,7,8)(H,9,10)(H,11,12);1H;;;;. The molecule has 0 radical (unpaired) electrons. The first kappa shape index (κ1) is 26.0. The molecule has 0 amide bonds. The fourth-order valence-electron chi connectivity index (χ4n) is 0.714. The summed E-state index contributed by atoms with van der Waals surface area (Å²) in [6, 6.07) is 0. The van der Waals surface area contributed by atoms with E-state index in [4.69, 9.17) is 20.4 Å². The molecule has 7 nitrogen and oxygen atoms in total. The number of carboxylic acid groups (broad SMARTS) is 3. The topological polar surface area (TPSA) is 132 Å². The predicted octanol–water partition coefficient (Wildman–Crippen LogP) is -2.12. The van der Waals surface area contributed by atoms with Crippen molar-refractivity contribution in [3.63, 3.8) is 0 Å². The number of aliphatic carboxylic acids is 3. The van der Waals surface area contributed by atoms with Crippen LogP contribution in [0, 0.1) is 0 Å². The van der Waals surface area contributed by atoms with Crippen molar-refractivity contribution in [2.75, 3.05) is 0 Å². The Kier molecular flexibility index (Phi) is 18.5. The molecule has 0 bridgehead atoms. The van der Waals surface area contributed by atoms with Crippen LogP contribution in [-0.2, 0) is 14.4 Å². The van der Waals surface area contributed by atoms with Crippen LogP contribution < -0.4 is 0 Å². The molecule has 0 aromatic carbocycles. The van der Waals surface area contributed by atoms with Crippen LogP contribution in [0.25, 0.3) is 0 Å². The summed E-state index contributed by atoms with van der Waals surface area (Å²) in [4.78, 5) is 30.5. The van der Waals surface area contributed by atoms with Crippen LogP contribution in [0.3, 0.4) is 0 Å². The monoisotopic (exact) mass is 292 g/mol. The number of carbonyl (C=O) groups is 3. The molecule has 0 spiro atoms. The normalized spacial score (nSPS) is 8.81. The summed E-state index contributed by atoms with van der Waals surface area (Å²) in [5.41, 5.74) is -2.74. The Morgan fingerprint density at radius 1 is 0.938 bits per heavy atom. The van der Waals surface area contributed by atoms with Gasteiger partial charge in [-0.2, -0.15) is 0 Å². The van der Waals surface area contributed by atoms with E-state index in [0.717, 1.165) is 0 Å². The molecule has 0 aliphatic rings. The minimum atomic E-state index is -2.74. The van der Waals surface area contributed by atoms with Crippen LogP contribution in [0.5, 0.6) is 0 Å².